The van der Waals surface area contributed by atoms with E-state index in [2.05, 4.69) is 23.3 Å². The lowest BCUT2D eigenvalue weighted by Gasteiger charge is -2.18. The van der Waals surface area contributed by atoms with Gasteiger partial charge in [0.25, 0.3) is 0 Å². The van der Waals surface area contributed by atoms with Crippen LogP contribution in [0.3, 0.4) is 0 Å². The van der Waals surface area contributed by atoms with Crippen molar-refractivity contribution in [1.82, 2.24) is 4.90 Å². The Morgan fingerprint density at radius 2 is 1.36 bits per heavy atom. The SMILES string of the molecule is COc1ccc(CCN(C)CCCNc2ccc(OC)c(OC)c2)cc1OC. The first-order valence-electron chi connectivity index (χ1n) is 9.46. The Hall–Kier alpha value is -2.60. The van der Waals surface area contributed by atoms with Crippen LogP contribution < -0.4 is 24.3 Å². The molecule has 0 saturated carbocycles. The maximum Gasteiger partial charge on any atom is 0.162 e. The van der Waals surface area contributed by atoms with Gasteiger partial charge in [0.1, 0.15) is 0 Å². The fraction of sp³-hybridized carbons (Fsp3) is 0.455. The summed E-state index contributed by atoms with van der Waals surface area (Å²) in [5.41, 5.74) is 2.28. The zero-order valence-electron chi connectivity index (χ0n) is 17.6. The number of methoxy groups -OCH3 is 4. The van der Waals surface area contributed by atoms with Gasteiger partial charge < -0.3 is 29.2 Å². The third kappa shape index (κ3) is 6.23. The predicted octanol–water partition coefficient (Wildman–Crippen LogP) is 3.70. The number of rotatable bonds is 12. The van der Waals surface area contributed by atoms with Gasteiger partial charge in [-0.05, 0) is 56.3 Å². The van der Waals surface area contributed by atoms with Crippen LogP contribution in [0.1, 0.15) is 12.0 Å². The van der Waals surface area contributed by atoms with Crippen molar-refractivity contribution < 1.29 is 18.9 Å². The minimum atomic E-state index is 0.736. The van der Waals surface area contributed by atoms with Crippen LogP contribution in [0.5, 0.6) is 23.0 Å². The second-order valence-corrected chi connectivity index (χ2v) is 6.59. The van der Waals surface area contributed by atoms with E-state index in [9.17, 15) is 0 Å². The summed E-state index contributed by atoms with van der Waals surface area (Å²) in [6.07, 6.45) is 2.02. The molecule has 0 heterocycles. The molecule has 2 aromatic rings. The molecule has 6 nitrogen and oxygen atoms in total. The molecule has 0 aliphatic carbocycles. The van der Waals surface area contributed by atoms with Gasteiger partial charge in [-0.15, -0.1) is 0 Å². The van der Waals surface area contributed by atoms with Crippen molar-refractivity contribution in [2.75, 3.05) is 60.4 Å². The molecule has 2 rings (SSSR count). The summed E-state index contributed by atoms with van der Waals surface area (Å²) in [5.74, 6) is 3.02. The molecular weight excluding hydrogens is 356 g/mol. The zero-order valence-corrected chi connectivity index (χ0v) is 17.6. The van der Waals surface area contributed by atoms with E-state index in [4.69, 9.17) is 18.9 Å². The first-order valence-corrected chi connectivity index (χ1v) is 9.46. The number of nitrogens with one attached hydrogen (secondary N) is 1. The summed E-state index contributed by atoms with van der Waals surface area (Å²) in [6.45, 7) is 2.91. The van der Waals surface area contributed by atoms with Crippen molar-refractivity contribution in [3.05, 3.63) is 42.0 Å². The van der Waals surface area contributed by atoms with E-state index in [1.807, 2.05) is 30.3 Å². The second-order valence-electron chi connectivity index (χ2n) is 6.59. The van der Waals surface area contributed by atoms with Gasteiger partial charge >= 0.3 is 0 Å². The fourth-order valence-electron chi connectivity index (χ4n) is 3.00. The summed E-state index contributed by atoms with van der Waals surface area (Å²) < 4.78 is 21.3. The molecule has 0 unspecified atom stereocenters. The van der Waals surface area contributed by atoms with Crippen LogP contribution in [0, 0.1) is 0 Å². The smallest absolute Gasteiger partial charge is 0.162 e. The highest BCUT2D eigenvalue weighted by Crippen LogP contribution is 2.30. The Bertz CT molecular complexity index is 736. The Labute approximate surface area is 168 Å². The molecule has 28 heavy (non-hydrogen) atoms. The standard InChI is InChI=1S/C22H32N2O4/c1-24(14-11-17-7-9-19(25-2)21(15-17)27-4)13-6-12-23-18-8-10-20(26-3)22(16-18)28-5/h7-10,15-16,23H,6,11-14H2,1-5H3. The minimum absolute atomic E-state index is 0.736. The van der Waals surface area contributed by atoms with Crippen LogP contribution in [0.4, 0.5) is 5.69 Å². The number of hydrogen-bond acceptors (Lipinski definition) is 6. The number of likely N-dealkylation sites (N-methyl/N-ethyl adjacent to an activating group) is 1. The topological polar surface area (TPSA) is 52.2 Å². The lowest BCUT2D eigenvalue weighted by molar-refractivity contribution is 0.335. The van der Waals surface area contributed by atoms with Gasteiger partial charge in [0.15, 0.2) is 23.0 Å². The number of nitrogens with zero attached hydrogens (tertiary/aromatic N) is 1. The largest absolute Gasteiger partial charge is 0.493 e. The van der Waals surface area contributed by atoms with Crippen LogP contribution in [-0.2, 0) is 6.42 Å². The van der Waals surface area contributed by atoms with E-state index in [-0.39, 0.29) is 0 Å². The normalized spacial score (nSPS) is 10.6. The molecule has 0 radical (unpaired) electrons. The average Bonchev–Trinajstić information content (AvgIpc) is 2.74. The van der Waals surface area contributed by atoms with Crippen LogP contribution >= 0.6 is 0 Å². The molecule has 0 amide bonds. The Kier molecular flexibility index (Phi) is 8.75. The quantitative estimate of drug-likeness (QED) is 0.560. The Balaban J connectivity index is 1.72. The summed E-state index contributed by atoms with van der Waals surface area (Å²) in [4.78, 5) is 2.34. The van der Waals surface area contributed by atoms with Gasteiger partial charge in [-0.1, -0.05) is 6.07 Å². The molecule has 0 spiro atoms. The molecule has 0 bridgehead atoms. The van der Waals surface area contributed by atoms with E-state index in [0.717, 1.165) is 61.2 Å². The lowest BCUT2D eigenvalue weighted by atomic mass is 10.1. The number of anilines is 1. The highest BCUT2D eigenvalue weighted by Gasteiger charge is 2.07. The maximum atomic E-state index is 5.37. The first kappa shape index (κ1) is 21.7. The average molecular weight is 389 g/mol. The van der Waals surface area contributed by atoms with Crippen molar-refractivity contribution in [3.8, 4) is 23.0 Å². The fourth-order valence-corrected chi connectivity index (χ4v) is 3.00. The Morgan fingerprint density at radius 3 is 2.00 bits per heavy atom. The predicted molar refractivity (Wildman–Crippen MR) is 113 cm³/mol. The van der Waals surface area contributed by atoms with E-state index in [1.165, 1.54) is 5.56 Å². The highest BCUT2D eigenvalue weighted by molar-refractivity contribution is 5.54. The number of hydrogen-bond donors (Lipinski definition) is 1. The molecule has 0 atom stereocenters. The molecule has 0 saturated heterocycles. The van der Waals surface area contributed by atoms with Gasteiger partial charge in [0.05, 0.1) is 28.4 Å². The second kappa shape index (κ2) is 11.3. The van der Waals surface area contributed by atoms with Crippen LogP contribution in [0.15, 0.2) is 36.4 Å². The molecule has 0 fully saturated rings. The van der Waals surface area contributed by atoms with Crippen molar-refractivity contribution in [1.29, 1.82) is 0 Å². The van der Waals surface area contributed by atoms with E-state index >= 15 is 0 Å². The van der Waals surface area contributed by atoms with Gasteiger partial charge in [-0.25, -0.2) is 0 Å². The monoisotopic (exact) mass is 388 g/mol. The summed E-state index contributed by atoms with van der Waals surface area (Å²) in [7, 11) is 8.76. The molecule has 0 aliphatic heterocycles. The summed E-state index contributed by atoms with van der Waals surface area (Å²) in [5, 5.41) is 3.43. The zero-order chi connectivity index (χ0) is 20.4. The van der Waals surface area contributed by atoms with E-state index in [1.54, 1.807) is 28.4 Å². The molecular formula is C22H32N2O4. The van der Waals surface area contributed by atoms with Crippen molar-refractivity contribution >= 4 is 5.69 Å². The Morgan fingerprint density at radius 1 is 0.750 bits per heavy atom. The number of ether oxygens (including phenoxy) is 4. The van der Waals surface area contributed by atoms with Crippen LogP contribution in [-0.4, -0.2) is 60.0 Å². The van der Waals surface area contributed by atoms with Crippen molar-refractivity contribution in [2.45, 2.75) is 12.8 Å². The van der Waals surface area contributed by atoms with Crippen LogP contribution in [0.25, 0.3) is 0 Å². The van der Waals surface area contributed by atoms with Crippen molar-refractivity contribution in [2.24, 2.45) is 0 Å². The minimum Gasteiger partial charge on any atom is -0.493 e. The van der Waals surface area contributed by atoms with Gasteiger partial charge in [-0.2, -0.15) is 0 Å². The third-order valence-electron chi connectivity index (χ3n) is 4.66. The first-order chi connectivity index (χ1) is 13.6. The van der Waals surface area contributed by atoms with Gasteiger partial charge in [-0.3, -0.25) is 0 Å². The van der Waals surface area contributed by atoms with E-state index < -0.39 is 0 Å². The molecule has 6 heteroatoms. The molecule has 154 valence electrons. The molecule has 0 aromatic heterocycles. The van der Waals surface area contributed by atoms with Gasteiger partial charge in [0.2, 0.25) is 0 Å². The molecule has 2 aromatic carbocycles. The molecule has 0 aliphatic rings. The summed E-state index contributed by atoms with van der Waals surface area (Å²) >= 11 is 0. The maximum absolute atomic E-state index is 5.37. The third-order valence-corrected chi connectivity index (χ3v) is 4.66. The van der Waals surface area contributed by atoms with Crippen molar-refractivity contribution in [3.63, 3.8) is 0 Å². The summed E-state index contributed by atoms with van der Waals surface area (Å²) in [6, 6.07) is 12.0. The molecule has 1 N–H and O–H groups in total. The number of benzene rings is 2. The van der Waals surface area contributed by atoms with E-state index in [0.29, 0.717) is 0 Å². The van der Waals surface area contributed by atoms with Crippen LogP contribution in [0.2, 0.25) is 0 Å². The lowest BCUT2D eigenvalue weighted by Crippen LogP contribution is -2.24. The highest BCUT2D eigenvalue weighted by atomic mass is 16.5. The van der Waals surface area contributed by atoms with Gasteiger partial charge in [0, 0.05) is 24.8 Å².